The normalized spacial score (nSPS) is 13.4. The van der Waals surface area contributed by atoms with Gasteiger partial charge in [0, 0.05) is 6.08 Å². The van der Waals surface area contributed by atoms with Crippen LogP contribution in [0.25, 0.3) is 6.08 Å². The first-order valence-corrected chi connectivity index (χ1v) is 10.7. The van der Waals surface area contributed by atoms with Gasteiger partial charge in [-0.15, -0.1) is 0 Å². The third kappa shape index (κ3) is 6.48. The van der Waals surface area contributed by atoms with Crippen molar-refractivity contribution in [1.29, 1.82) is 0 Å². The van der Waals surface area contributed by atoms with E-state index < -0.39 is 0 Å². The van der Waals surface area contributed by atoms with Gasteiger partial charge < -0.3 is 9.84 Å². The number of esters is 1. The van der Waals surface area contributed by atoms with Crippen molar-refractivity contribution in [3.05, 3.63) is 70.8 Å². The van der Waals surface area contributed by atoms with E-state index in [1.807, 2.05) is 30.3 Å². The Morgan fingerprint density at radius 1 is 1.00 bits per heavy atom. The average Bonchev–Trinajstić information content (AvgIpc) is 2.65. The van der Waals surface area contributed by atoms with Gasteiger partial charge in [0.2, 0.25) is 0 Å². The molecule has 0 amide bonds. The highest BCUT2D eigenvalue weighted by atomic mass is 16.5. The molecule has 162 valence electrons. The van der Waals surface area contributed by atoms with E-state index in [2.05, 4.69) is 60.6 Å². The molecule has 0 saturated heterocycles. The minimum atomic E-state index is -0.331. The zero-order chi connectivity index (χ0) is 22.5. The lowest BCUT2D eigenvalue weighted by Gasteiger charge is -2.29. The summed E-state index contributed by atoms with van der Waals surface area (Å²) in [4.78, 5) is 12.0. The molecule has 3 nitrogen and oxygen atoms in total. The van der Waals surface area contributed by atoms with Crippen molar-refractivity contribution in [3.8, 4) is 5.75 Å². The van der Waals surface area contributed by atoms with Gasteiger partial charge in [0.25, 0.3) is 0 Å². The molecule has 0 aliphatic carbocycles. The van der Waals surface area contributed by atoms with Gasteiger partial charge in [-0.25, -0.2) is 4.79 Å². The third-order valence-corrected chi connectivity index (χ3v) is 5.32. The molecule has 0 unspecified atom stereocenters. The molecule has 0 bridgehead atoms. The molecule has 0 heterocycles. The summed E-state index contributed by atoms with van der Waals surface area (Å²) in [5.74, 6) is 0.268. The van der Waals surface area contributed by atoms with Crippen LogP contribution >= 0.6 is 0 Å². The van der Waals surface area contributed by atoms with Crippen LogP contribution in [0.2, 0.25) is 0 Å². The molecule has 0 aromatic heterocycles. The summed E-state index contributed by atoms with van der Waals surface area (Å²) in [5, 5.41) is 10.9. The second-order valence-electron chi connectivity index (χ2n) is 10.1. The van der Waals surface area contributed by atoms with Gasteiger partial charge in [-0.05, 0) is 51.5 Å². The number of phenols is 1. The van der Waals surface area contributed by atoms with E-state index in [1.165, 1.54) is 11.6 Å². The fourth-order valence-corrected chi connectivity index (χ4v) is 3.36. The zero-order valence-corrected chi connectivity index (χ0v) is 19.5. The number of hydrogen-bond acceptors (Lipinski definition) is 3. The van der Waals surface area contributed by atoms with Crippen LogP contribution in [0.1, 0.15) is 83.1 Å². The summed E-state index contributed by atoms with van der Waals surface area (Å²) in [6.07, 6.45) is 3.95. The molecule has 0 saturated carbocycles. The second-order valence-corrected chi connectivity index (χ2v) is 10.1. The van der Waals surface area contributed by atoms with Crippen molar-refractivity contribution >= 4 is 12.0 Å². The third-order valence-electron chi connectivity index (χ3n) is 5.32. The summed E-state index contributed by atoms with van der Waals surface area (Å²) in [6, 6.07) is 13.9. The number of rotatable bonds is 6. The fourth-order valence-electron chi connectivity index (χ4n) is 3.36. The Morgan fingerprint density at radius 2 is 1.53 bits per heavy atom. The molecule has 0 fully saturated rings. The smallest absolute Gasteiger partial charge is 0.330 e. The molecule has 2 aromatic rings. The lowest BCUT2D eigenvalue weighted by atomic mass is 9.77. The average molecular weight is 409 g/mol. The molecule has 0 radical (unpaired) electrons. The molecule has 30 heavy (non-hydrogen) atoms. The Balaban J connectivity index is 2.08. The first kappa shape index (κ1) is 23.7. The maximum atomic E-state index is 12.0. The second kappa shape index (κ2) is 9.51. The van der Waals surface area contributed by atoms with Gasteiger partial charge in [-0.3, -0.25) is 0 Å². The van der Waals surface area contributed by atoms with Gasteiger partial charge in [-0.2, -0.15) is 0 Å². The summed E-state index contributed by atoms with van der Waals surface area (Å²) in [7, 11) is 0. The molecule has 3 heteroatoms. The standard InChI is InChI=1S/C27H36O3/c1-19(15-16-30-24(28)14-13-20-11-9-8-10-12-20)21-17-22(26(2,3)4)25(29)23(18-21)27(5,6)7/h8-14,17-19,29H,15-16H2,1-7H3/b14-13+/t19-/m0/s1. The predicted molar refractivity (Wildman–Crippen MR) is 125 cm³/mol. The quantitative estimate of drug-likeness (QED) is 0.425. The number of hydrogen-bond donors (Lipinski definition) is 1. The van der Waals surface area contributed by atoms with Crippen molar-refractivity contribution in [2.45, 2.75) is 71.6 Å². The Hall–Kier alpha value is -2.55. The Bertz CT molecular complexity index is 846. The predicted octanol–water partition coefficient (Wildman–Crippen LogP) is 6.74. The Kier molecular flexibility index (Phi) is 7.52. The van der Waals surface area contributed by atoms with E-state index in [4.69, 9.17) is 4.74 Å². The molecule has 1 N–H and O–H groups in total. The molecular weight excluding hydrogens is 372 g/mol. The van der Waals surface area contributed by atoms with Crippen molar-refractivity contribution < 1.29 is 14.6 Å². The summed E-state index contributed by atoms with van der Waals surface area (Å²) in [5.41, 5.74) is 3.73. The Morgan fingerprint density at radius 3 is 2.03 bits per heavy atom. The maximum Gasteiger partial charge on any atom is 0.330 e. The molecule has 0 aliphatic rings. The van der Waals surface area contributed by atoms with Gasteiger partial charge in [0.15, 0.2) is 0 Å². The number of carbonyl (C=O) groups is 1. The highest BCUT2D eigenvalue weighted by molar-refractivity contribution is 5.87. The van der Waals surface area contributed by atoms with E-state index in [1.54, 1.807) is 6.08 Å². The number of phenolic OH excluding ortho intramolecular Hbond substituents is 1. The number of ether oxygens (including phenoxy) is 1. The topological polar surface area (TPSA) is 46.5 Å². The van der Waals surface area contributed by atoms with Crippen molar-refractivity contribution in [2.24, 2.45) is 0 Å². The van der Waals surface area contributed by atoms with E-state index in [0.717, 1.165) is 23.1 Å². The molecule has 2 rings (SSSR count). The van der Waals surface area contributed by atoms with Crippen LogP contribution in [0.5, 0.6) is 5.75 Å². The van der Waals surface area contributed by atoms with Crippen LogP contribution in [0.15, 0.2) is 48.5 Å². The molecule has 0 spiro atoms. The van der Waals surface area contributed by atoms with Crippen LogP contribution in [0.4, 0.5) is 0 Å². The first-order chi connectivity index (χ1) is 13.9. The van der Waals surface area contributed by atoms with Crippen LogP contribution < -0.4 is 0 Å². The highest BCUT2D eigenvalue weighted by Gasteiger charge is 2.27. The number of benzene rings is 2. The van der Waals surface area contributed by atoms with Gasteiger partial charge in [0.05, 0.1) is 6.61 Å². The van der Waals surface area contributed by atoms with Crippen molar-refractivity contribution in [3.63, 3.8) is 0 Å². The van der Waals surface area contributed by atoms with Crippen LogP contribution in [0.3, 0.4) is 0 Å². The first-order valence-electron chi connectivity index (χ1n) is 10.7. The lowest BCUT2D eigenvalue weighted by molar-refractivity contribution is -0.137. The molecular formula is C27H36O3. The zero-order valence-electron chi connectivity index (χ0n) is 19.5. The fraction of sp³-hybridized carbons (Fsp3) is 0.444. The van der Waals surface area contributed by atoms with Gasteiger partial charge in [-0.1, -0.05) is 90.9 Å². The van der Waals surface area contributed by atoms with Crippen molar-refractivity contribution in [2.75, 3.05) is 6.61 Å². The summed E-state index contributed by atoms with van der Waals surface area (Å²) in [6.45, 7) is 15.2. The highest BCUT2D eigenvalue weighted by Crippen LogP contribution is 2.41. The SMILES string of the molecule is C[C@@H](CCOC(=O)/C=C/c1ccccc1)c1cc(C(C)(C)C)c(O)c(C(C)(C)C)c1. The van der Waals surface area contributed by atoms with E-state index >= 15 is 0 Å². The van der Waals surface area contributed by atoms with E-state index in [9.17, 15) is 9.90 Å². The van der Waals surface area contributed by atoms with Crippen molar-refractivity contribution in [1.82, 2.24) is 0 Å². The van der Waals surface area contributed by atoms with Crippen LogP contribution in [-0.4, -0.2) is 17.7 Å². The molecule has 2 aromatic carbocycles. The molecule has 0 aliphatic heterocycles. The van der Waals surface area contributed by atoms with Crippen LogP contribution in [0, 0.1) is 0 Å². The minimum absolute atomic E-state index is 0.158. The lowest BCUT2D eigenvalue weighted by Crippen LogP contribution is -2.18. The number of aromatic hydroxyl groups is 1. The van der Waals surface area contributed by atoms with Gasteiger partial charge in [0.1, 0.15) is 5.75 Å². The monoisotopic (exact) mass is 408 g/mol. The maximum absolute atomic E-state index is 12.0. The number of carbonyl (C=O) groups excluding carboxylic acids is 1. The van der Waals surface area contributed by atoms with E-state index in [0.29, 0.717) is 12.4 Å². The largest absolute Gasteiger partial charge is 0.507 e. The van der Waals surface area contributed by atoms with E-state index in [-0.39, 0.29) is 22.7 Å². The van der Waals surface area contributed by atoms with Gasteiger partial charge >= 0.3 is 5.97 Å². The van der Waals surface area contributed by atoms with Crippen LogP contribution in [-0.2, 0) is 20.4 Å². The minimum Gasteiger partial charge on any atom is -0.507 e. The summed E-state index contributed by atoms with van der Waals surface area (Å²) < 4.78 is 5.40. The molecule has 1 atom stereocenters. The summed E-state index contributed by atoms with van der Waals surface area (Å²) >= 11 is 0. The Labute approximate surface area is 181 Å².